The Balaban J connectivity index is 1.83. The third kappa shape index (κ3) is 3.86. The molecule has 2 heterocycles. The summed E-state index contributed by atoms with van der Waals surface area (Å²) in [5.41, 5.74) is 3.60. The summed E-state index contributed by atoms with van der Waals surface area (Å²) in [6.45, 7) is 3.80. The number of aromatic nitrogens is 1. The van der Waals surface area contributed by atoms with Crippen molar-refractivity contribution in [2.75, 3.05) is 25.5 Å². The van der Waals surface area contributed by atoms with Gasteiger partial charge in [0, 0.05) is 31.4 Å². The van der Waals surface area contributed by atoms with Crippen LogP contribution < -0.4 is 4.90 Å². The number of carbonyl (C=O) groups is 2. The first-order chi connectivity index (χ1) is 15.3. The molecule has 0 spiro atoms. The number of halogens is 1. The van der Waals surface area contributed by atoms with E-state index in [0.29, 0.717) is 5.02 Å². The number of rotatable bonds is 4. The number of anilines is 1. The number of benzene rings is 2. The summed E-state index contributed by atoms with van der Waals surface area (Å²) in [6, 6.07) is 18.7. The summed E-state index contributed by atoms with van der Waals surface area (Å²) in [6.07, 6.45) is 2.00. The molecule has 1 aliphatic heterocycles. The Morgan fingerprint density at radius 1 is 1.00 bits per heavy atom. The molecule has 32 heavy (non-hydrogen) atoms. The Labute approximate surface area is 193 Å². The van der Waals surface area contributed by atoms with Gasteiger partial charge in [-0.3, -0.25) is 9.69 Å². The molecule has 1 atom stereocenters. The van der Waals surface area contributed by atoms with Gasteiger partial charge in [0.05, 0.1) is 17.1 Å². The van der Waals surface area contributed by atoms with Crippen molar-refractivity contribution in [3.63, 3.8) is 0 Å². The van der Waals surface area contributed by atoms with Gasteiger partial charge in [-0.1, -0.05) is 35.9 Å². The number of hydrogen-bond donors (Lipinski definition) is 0. The van der Waals surface area contributed by atoms with Crippen molar-refractivity contribution < 1.29 is 9.59 Å². The summed E-state index contributed by atoms with van der Waals surface area (Å²) < 4.78 is 2.11. The first kappa shape index (κ1) is 22.0. The highest BCUT2D eigenvalue weighted by molar-refractivity contribution is 6.30. The van der Waals surface area contributed by atoms with Crippen LogP contribution >= 0.6 is 11.6 Å². The molecule has 0 N–H and O–H groups in total. The Kier molecular flexibility index (Phi) is 5.98. The van der Waals surface area contributed by atoms with Crippen molar-refractivity contribution in [2.45, 2.75) is 25.9 Å². The molecule has 6 nitrogen and oxygen atoms in total. The average molecular weight is 451 g/mol. The molecule has 0 bridgehead atoms. The summed E-state index contributed by atoms with van der Waals surface area (Å²) in [7, 11) is 3.39. The number of para-hydroxylation sites is 2. The summed E-state index contributed by atoms with van der Waals surface area (Å²) in [5.74, 6) is -0.154. The molecule has 166 valence electrons. The van der Waals surface area contributed by atoms with Crippen molar-refractivity contribution in [3.05, 3.63) is 83.1 Å². The van der Waals surface area contributed by atoms with Crippen molar-refractivity contribution >= 4 is 29.2 Å². The maximum Gasteiger partial charge on any atom is 0.320 e. The minimum Gasteiger partial charge on any atom is -0.331 e. The van der Waals surface area contributed by atoms with Crippen LogP contribution in [0.5, 0.6) is 0 Å². The lowest BCUT2D eigenvalue weighted by molar-refractivity contribution is -0.120. The van der Waals surface area contributed by atoms with Gasteiger partial charge in [0.1, 0.15) is 12.6 Å². The minimum absolute atomic E-state index is 0.0270. The van der Waals surface area contributed by atoms with Crippen LogP contribution in [-0.2, 0) is 4.79 Å². The molecule has 0 radical (unpaired) electrons. The molecule has 4 rings (SSSR count). The smallest absolute Gasteiger partial charge is 0.320 e. The number of hydrogen-bond acceptors (Lipinski definition) is 2. The molecule has 0 saturated carbocycles. The van der Waals surface area contributed by atoms with Crippen LogP contribution in [-0.4, -0.2) is 53.0 Å². The van der Waals surface area contributed by atoms with E-state index in [9.17, 15) is 9.59 Å². The predicted molar refractivity (Wildman–Crippen MR) is 127 cm³/mol. The highest BCUT2D eigenvalue weighted by atomic mass is 35.5. The molecule has 1 aliphatic rings. The van der Waals surface area contributed by atoms with Crippen LogP contribution in [0, 0.1) is 0 Å². The zero-order valence-electron chi connectivity index (χ0n) is 18.7. The molecule has 0 fully saturated rings. The molecule has 1 unspecified atom stereocenters. The Morgan fingerprint density at radius 2 is 1.72 bits per heavy atom. The second kappa shape index (κ2) is 8.71. The van der Waals surface area contributed by atoms with E-state index in [2.05, 4.69) is 4.57 Å². The van der Waals surface area contributed by atoms with E-state index in [4.69, 9.17) is 11.6 Å². The van der Waals surface area contributed by atoms with Crippen LogP contribution in [0.3, 0.4) is 0 Å². The number of amides is 3. The summed E-state index contributed by atoms with van der Waals surface area (Å²) >= 11 is 6.33. The predicted octanol–water partition coefficient (Wildman–Crippen LogP) is 4.96. The quantitative estimate of drug-likeness (QED) is 0.564. The van der Waals surface area contributed by atoms with Gasteiger partial charge >= 0.3 is 6.03 Å². The zero-order chi connectivity index (χ0) is 23.0. The lowest BCUT2D eigenvalue weighted by atomic mass is 9.97. The summed E-state index contributed by atoms with van der Waals surface area (Å²) in [5, 5.41) is 0.610. The number of carbonyl (C=O) groups excluding carboxylic acids is 2. The van der Waals surface area contributed by atoms with Crippen molar-refractivity contribution in [1.29, 1.82) is 0 Å². The third-order valence-corrected chi connectivity index (χ3v) is 5.94. The topological polar surface area (TPSA) is 48.8 Å². The van der Waals surface area contributed by atoms with Crippen molar-refractivity contribution in [3.8, 4) is 5.69 Å². The van der Waals surface area contributed by atoms with Gasteiger partial charge in [-0.15, -0.1) is 0 Å². The van der Waals surface area contributed by atoms with Gasteiger partial charge in [0.2, 0.25) is 5.91 Å². The molecule has 0 aliphatic carbocycles. The average Bonchev–Trinajstić information content (AvgIpc) is 3.25. The highest BCUT2D eigenvalue weighted by Gasteiger charge is 2.37. The molecule has 3 amide bonds. The minimum atomic E-state index is -0.366. The normalized spacial score (nSPS) is 14.7. The van der Waals surface area contributed by atoms with Gasteiger partial charge in [0.15, 0.2) is 0 Å². The first-order valence-corrected chi connectivity index (χ1v) is 11.0. The van der Waals surface area contributed by atoms with Crippen molar-refractivity contribution in [2.24, 2.45) is 0 Å². The fourth-order valence-corrected chi connectivity index (χ4v) is 4.40. The van der Waals surface area contributed by atoms with Gasteiger partial charge < -0.3 is 14.4 Å². The van der Waals surface area contributed by atoms with Crippen LogP contribution in [0.25, 0.3) is 5.69 Å². The zero-order valence-corrected chi connectivity index (χ0v) is 19.5. The van der Waals surface area contributed by atoms with E-state index in [1.807, 2.05) is 80.7 Å². The van der Waals surface area contributed by atoms with Crippen LogP contribution in [0.2, 0.25) is 5.02 Å². The molecule has 0 saturated heterocycles. The van der Waals surface area contributed by atoms with Crippen LogP contribution in [0.1, 0.15) is 31.1 Å². The Bertz CT molecular complexity index is 1150. The van der Waals surface area contributed by atoms with E-state index in [0.717, 1.165) is 22.6 Å². The van der Waals surface area contributed by atoms with E-state index in [1.54, 1.807) is 23.9 Å². The number of nitrogens with zero attached hydrogens (tertiary/aromatic N) is 4. The molecular formula is C25H27ClN4O2. The lowest BCUT2D eigenvalue weighted by Crippen LogP contribution is -2.51. The fourth-order valence-electron chi connectivity index (χ4n) is 4.20. The standard InChI is InChI=1S/C25H27ClN4O2/c1-17(2)29(25(32)27(3)4)16-23(31)30-21-12-6-5-11-20(21)28-14-8-13-22(28)24(30)18-9-7-10-19(26)15-18/h5-15,17,24H,16H2,1-4H3. The van der Waals surface area contributed by atoms with E-state index < -0.39 is 0 Å². The highest BCUT2D eigenvalue weighted by Crippen LogP contribution is 2.42. The largest absolute Gasteiger partial charge is 0.331 e. The SMILES string of the molecule is CC(C)N(CC(=O)N1c2ccccc2-n2cccc2C1c1cccc(Cl)c1)C(=O)N(C)C. The Morgan fingerprint density at radius 3 is 2.38 bits per heavy atom. The van der Waals surface area contributed by atoms with E-state index >= 15 is 0 Å². The number of fused-ring (bicyclic) bond motifs is 3. The molecule has 3 aromatic rings. The maximum absolute atomic E-state index is 13.9. The maximum atomic E-state index is 13.9. The molecule has 7 heteroatoms. The van der Waals surface area contributed by atoms with Crippen LogP contribution in [0.4, 0.5) is 10.5 Å². The Hall–Kier alpha value is -3.25. The van der Waals surface area contributed by atoms with E-state index in [-0.39, 0.29) is 30.6 Å². The molecule has 1 aromatic heterocycles. The van der Waals surface area contributed by atoms with Gasteiger partial charge in [-0.05, 0) is 55.8 Å². The molecule has 2 aromatic carbocycles. The number of urea groups is 1. The third-order valence-electron chi connectivity index (χ3n) is 5.71. The van der Waals surface area contributed by atoms with Gasteiger partial charge in [-0.2, -0.15) is 0 Å². The monoisotopic (exact) mass is 450 g/mol. The van der Waals surface area contributed by atoms with Crippen molar-refractivity contribution in [1.82, 2.24) is 14.4 Å². The van der Waals surface area contributed by atoms with Gasteiger partial charge in [0.25, 0.3) is 0 Å². The summed E-state index contributed by atoms with van der Waals surface area (Å²) in [4.78, 5) is 31.5. The van der Waals surface area contributed by atoms with Gasteiger partial charge in [-0.25, -0.2) is 4.79 Å². The lowest BCUT2D eigenvalue weighted by Gasteiger charge is -2.40. The second-order valence-corrected chi connectivity index (χ2v) is 8.85. The van der Waals surface area contributed by atoms with Crippen LogP contribution in [0.15, 0.2) is 66.9 Å². The first-order valence-electron chi connectivity index (χ1n) is 10.6. The fraction of sp³-hybridized carbons (Fsp3) is 0.280. The second-order valence-electron chi connectivity index (χ2n) is 8.41. The van der Waals surface area contributed by atoms with E-state index in [1.165, 1.54) is 4.90 Å². The molecular weight excluding hydrogens is 424 g/mol.